The van der Waals surface area contributed by atoms with E-state index in [9.17, 15) is 13.6 Å². The molecular weight excluding hydrogens is 342 g/mol. The molecule has 1 atom stereocenters. The molecule has 1 aromatic rings. The third-order valence-electron chi connectivity index (χ3n) is 5.33. The Morgan fingerprint density at radius 2 is 2.04 bits per heavy atom. The van der Waals surface area contributed by atoms with Gasteiger partial charge < -0.3 is 14.8 Å². The topological polar surface area (TPSA) is 50.8 Å². The van der Waals surface area contributed by atoms with Crippen LogP contribution >= 0.6 is 0 Å². The van der Waals surface area contributed by atoms with Gasteiger partial charge in [-0.1, -0.05) is 6.07 Å². The Kier molecular flexibility index (Phi) is 6.43. The highest BCUT2D eigenvalue weighted by molar-refractivity contribution is 5.79. The third kappa shape index (κ3) is 4.32. The molecule has 0 spiro atoms. The number of benzene rings is 1. The average molecular weight is 368 g/mol. The molecule has 0 bridgehead atoms. The monoisotopic (exact) mass is 368 g/mol. The van der Waals surface area contributed by atoms with Crippen molar-refractivity contribution < 1.29 is 23.0 Å². The number of nitrogens with zero attached hydrogens (tertiary/aromatic N) is 1. The number of hydrogen-bond donors (Lipinski definition) is 1. The molecule has 1 N–H and O–H groups in total. The number of carbonyl (C=O) groups excluding carboxylic acids is 1. The summed E-state index contributed by atoms with van der Waals surface area (Å²) in [5, 5.41) is 2.76. The second-order valence-electron chi connectivity index (χ2n) is 6.95. The molecule has 0 radical (unpaired) electrons. The molecule has 0 unspecified atom stereocenters. The molecule has 2 aliphatic rings. The SMILES string of the molecule is COc1ccc(CNC(=O)[C@@H]2CCCN(C3CCOCC3)C2)c(F)c1F. The summed E-state index contributed by atoms with van der Waals surface area (Å²) in [5.41, 5.74) is 0.119. The minimum Gasteiger partial charge on any atom is -0.494 e. The number of ether oxygens (including phenoxy) is 2. The van der Waals surface area contributed by atoms with E-state index in [0.717, 1.165) is 52.0 Å². The van der Waals surface area contributed by atoms with E-state index in [0.29, 0.717) is 6.04 Å². The molecule has 2 fully saturated rings. The number of hydrogen-bond acceptors (Lipinski definition) is 4. The molecule has 0 saturated carbocycles. The van der Waals surface area contributed by atoms with Crippen LogP contribution in [-0.2, 0) is 16.1 Å². The molecular formula is C19H26F2N2O3. The van der Waals surface area contributed by atoms with Gasteiger partial charge in [-0.25, -0.2) is 4.39 Å². The smallest absolute Gasteiger partial charge is 0.224 e. The lowest BCUT2D eigenvalue weighted by Crippen LogP contribution is -2.48. The zero-order valence-electron chi connectivity index (χ0n) is 15.1. The normalized spacial score (nSPS) is 22.2. The van der Waals surface area contributed by atoms with Gasteiger partial charge in [0, 0.05) is 37.9 Å². The number of carbonyl (C=O) groups is 1. The van der Waals surface area contributed by atoms with Crippen LogP contribution in [0.25, 0.3) is 0 Å². The van der Waals surface area contributed by atoms with Crippen molar-refractivity contribution in [2.24, 2.45) is 5.92 Å². The van der Waals surface area contributed by atoms with Gasteiger partial charge in [-0.2, -0.15) is 4.39 Å². The fourth-order valence-electron chi connectivity index (χ4n) is 3.79. The molecule has 2 heterocycles. The number of rotatable bonds is 5. The Hall–Kier alpha value is -1.73. The zero-order valence-corrected chi connectivity index (χ0v) is 15.1. The highest BCUT2D eigenvalue weighted by Gasteiger charge is 2.30. The molecule has 5 nitrogen and oxygen atoms in total. The van der Waals surface area contributed by atoms with E-state index in [1.165, 1.54) is 19.2 Å². The van der Waals surface area contributed by atoms with Crippen LogP contribution in [0, 0.1) is 17.6 Å². The first-order valence-corrected chi connectivity index (χ1v) is 9.20. The Morgan fingerprint density at radius 1 is 1.27 bits per heavy atom. The van der Waals surface area contributed by atoms with E-state index in [4.69, 9.17) is 9.47 Å². The van der Waals surface area contributed by atoms with Gasteiger partial charge >= 0.3 is 0 Å². The predicted octanol–water partition coefficient (Wildman–Crippen LogP) is 2.48. The summed E-state index contributed by atoms with van der Waals surface area (Å²) in [6.45, 7) is 3.25. The number of nitrogens with one attached hydrogen (secondary N) is 1. The molecule has 2 saturated heterocycles. The minimum absolute atomic E-state index is 0.0284. The van der Waals surface area contributed by atoms with Gasteiger partial charge in [0.25, 0.3) is 0 Å². The van der Waals surface area contributed by atoms with Gasteiger partial charge in [-0.3, -0.25) is 9.69 Å². The van der Waals surface area contributed by atoms with E-state index in [-0.39, 0.29) is 29.7 Å². The average Bonchev–Trinajstić information content (AvgIpc) is 2.69. The zero-order chi connectivity index (χ0) is 18.5. The molecule has 0 aromatic heterocycles. The van der Waals surface area contributed by atoms with Crippen molar-refractivity contribution in [3.63, 3.8) is 0 Å². The lowest BCUT2D eigenvalue weighted by molar-refractivity contribution is -0.127. The van der Waals surface area contributed by atoms with Crippen LogP contribution in [-0.4, -0.2) is 50.3 Å². The van der Waals surface area contributed by atoms with Crippen molar-refractivity contribution in [2.75, 3.05) is 33.4 Å². The van der Waals surface area contributed by atoms with Crippen molar-refractivity contribution in [1.29, 1.82) is 0 Å². The molecule has 1 aromatic carbocycles. The fraction of sp³-hybridized carbons (Fsp3) is 0.632. The number of halogens is 2. The maximum atomic E-state index is 14.0. The standard InChI is InChI=1S/C19H26F2N2O3/c1-25-16-5-4-13(17(20)18(16)21)11-22-19(24)14-3-2-8-23(12-14)15-6-9-26-10-7-15/h4-5,14-15H,2-3,6-12H2,1H3,(H,22,24)/t14-/m1/s1. The molecule has 3 rings (SSSR count). The molecule has 2 aliphatic heterocycles. The van der Waals surface area contributed by atoms with Crippen LogP contribution in [0.4, 0.5) is 8.78 Å². The summed E-state index contributed by atoms with van der Waals surface area (Å²) in [7, 11) is 1.28. The fourth-order valence-corrected chi connectivity index (χ4v) is 3.79. The van der Waals surface area contributed by atoms with Crippen LogP contribution in [0.1, 0.15) is 31.2 Å². The van der Waals surface area contributed by atoms with Crippen molar-refractivity contribution >= 4 is 5.91 Å². The Labute approximate surface area is 152 Å². The first-order valence-electron chi connectivity index (χ1n) is 9.20. The van der Waals surface area contributed by atoms with Crippen molar-refractivity contribution in [3.8, 4) is 5.75 Å². The summed E-state index contributed by atoms with van der Waals surface area (Å²) in [4.78, 5) is 14.9. The quantitative estimate of drug-likeness (QED) is 0.868. The number of likely N-dealkylation sites (tertiary alicyclic amines) is 1. The van der Waals surface area contributed by atoms with Crippen molar-refractivity contribution in [3.05, 3.63) is 29.3 Å². The largest absolute Gasteiger partial charge is 0.494 e. The van der Waals surface area contributed by atoms with Crippen LogP contribution in [0.5, 0.6) is 5.75 Å². The number of piperidine rings is 1. The van der Waals surface area contributed by atoms with Crippen LogP contribution in [0.2, 0.25) is 0 Å². The van der Waals surface area contributed by atoms with Gasteiger partial charge in [0.05, 0.1) is 13.0 Å². The second-order valence-corrected chi connectivity index (χ2v) is 6.95. The summed E-state index contributed by atoms with van der Waals surface area (Å²) in [6, 6.07) is 3.28. The Bertz CT molecular complexity index is 635. The van der Waals surface area contributed by atoms with Gasteiger partial charge in [0.1, 0.15) is 0 Å². The summed E-state index contributed by atoms with van der Waals surface area (Å²) in [5.74, 6) is -2.35. The van der Waals surface area contributed by atoms with Crippen LogP contribution in [0.3, 0.4) is 0 Å². The van der Waals surface area contributed by atoms with E-state index in [1.807, 2.05) is 0 Å². The molecule has 26 heavy (non-hydrogen) atoms. The van der Waals surface area contributed by atoms with E-state index in [1.54, 1.807) is 0 Å². The number of amides is 1. The van der Waals surface area contributed by atoms with E-state index in [2.05, 4.69) is 10.2 Å². The van der Waals surface area contributed by atoms with Crippen molar-refractivity contribution in [2.45, 2.75) is 38.3 Å². The highest BCUT2D eigenvalue weighted by atomic mass is 19.2. The van der Waals surface area contributed by atoms with Gasteiger partial charge in [-0.15, -0.1) is 0 Å². The lowest BCUT2D eigenvalue weighted by atomic mass is 9.94. The summed E-state index contributed by atoms with van der Waals surface area (Å²) < 4.78 is 38.0. The molecule has 0 aliphatic carbocycles. The first kappa shape index (κ1) is 19.0. The Balaban J connectivity index is 1.55. The van der Waals surface area contributed by atoms with E-state index >= 15 is 0 Å². The lowest BCUT2D eigenvalue weighted by Gasteiger charge is -2.39. The van der Waals surface area contributed by atoms with Gasteiger partial charge in [0.2, 0.25) is 11.7 Å². The van der Waals surface area contributed by atoms with E-state index < -0.39 is 11.6 Å². The maximum Gasteiger partial charge on any atom is 0.224 e. The predicted molar refractivity (Wildman–Crippen MR) is 92.9 cm³/mol. The minimum atomic E-state index is -1.03. The second kappa shape index (κ2) is 8.77. The van der Waals surface area contributed by atoms with Gasteiger partial charge in [0.15, 0.2) is 11.6 Å². The highest BCUT2D eigenvalue weighted by Crippen LogP contribution is 2.24. The Morgan fingerprint density at radius 3 is 2.77 bits per heavy atom. The summed E-state index contributed by atoms with van der Waals surface area (Å²) in [6.07, 6.45) is 3.81. The van der Waals surface area contributed by atoms with Crippen LogP contribution < -0.4 is 10.1 Å². The third-order valence-corrected chi connectivity index (χ3v) is 5.33. The van der Waals surface area contributed by atoms with Crippen LogP contribution in [0.15, 0.2) is 12.1 Å². The summed E-state index contributed by atoms with van der Waals surface area (Å²) >= 11 is 0. The molecule has 7 heteroatoms. The van der Waals surface area contributed by atoms with Crippen molar-refractivity contribution in [1.82, 2.24) is 10.2 Å². The van der Waals surface area contributed by atoms with Gasteiger partial charge in [-0.05, 0) is 38.3 Å². The maximum absolute atomic E-state index is 14.0. The first-order chi connectivity index (χ1) is 12.6. The number of methoxy groups -OCH3 is 1. The molecule has 144 valence electrons. The molecule has 1 amide bonds.